The molecule has 0 radical (unpaired) electrons. The Hall–Kier alpha value is -2.71. The Kier molecular flexibility index (Phi) is 4.94. The van der Waals surface area contributed by atoms with E-state index in [2.05, 4.69) is 0 Å². The van der Waals surface area contributed by atoms with Gasteiger partial charge in [-0.25, -0.2) is 8.42 Å². The summed E-state index contributed by atoms with van der Waals surface area (Å²) >= 11 is 0. The topological polar surface area (TPSA) is 84.0 Å². The molecule has 0 saturated heterocycles. The minimum atomic E-state index is -3.73. The number of amides is 1. The van der Waals surface area contributed by atoms with Crippen LogP contribution in [0.1, 0.15) is 30.5 Å². The van der Waals surface area contributed by atoms with Crippen molar-refractivity contribution in [1.29, 1.82) is 0 Å². The largest absolute Gasteiger partial charge is 0.468 e. The molecule has 0 aromatic heterocycles. The molecule has 4 rings (SSSR count). The van der Waals surface area contributed by atoms with Gasteiger partial charge in [0.1, 0.15) is 6.54 Å². The Bertz CT molecular complexity index is 1140. The van der Waals surface area contributed by atoms with Crippen LogP contribution in [0, 0.1) is 0 Å². The fraction of sp³-hybridized carbons (Fsp3) is 0.364. The predicted octanol–water partition coefficient (Wildman–Crippen LogP) is 2.23. The number of nitrogens with zero attached hydrogens (tertiary/aromatic N) is 2. The second-order valence-corrected chi connectivity index (χ2v) is 10.1. The van der Waals surface area contributed by atoms with Gasteiger partial charge in [0, 0.05) is 18.8 Å². The molecule has 0 atom stereocenters. The molecule has 0 saturated carbocycles. The van der Waals surface area contributed by atoms with Crippen LogP contribution in [-0.2, 0) is 42.7 Å². The molecule has 2 aliphatic rings. The predicted molar refractivity (Wildman–Crippen MR) is 112 cm³/mol. The van der Waals surface area contributed by atoms with Crippen molar-refractivity contribution in [2.45, 2.75) is 37.1 Å². The van der Waals surface area contributed by atoms with E-state index in [-0.39, 0.29) is 17.3 Å². The van der Waals surface area contributed by atoms with E-state index in [1.807, 2.05) is 24.3 Å². The van der Waals surface area contributed by atoms with Crippen LogP contribution >= 0.6 is 0 Å². The summed E-state index contributed by atoms with van der Waals surface area (Å²) < 4.78 is 32.9. The summed E-state index contributed by atoms with van der Waals surface area (Å²) in [7, 11) is -2.46. The highest BCUT2D eigenvalue weighted by Gasteiger charge is 2.45. The molecule has 1 amide bonds. The van der Waals surface area contributed by atoms with Gasteiger partial charge in [-0.1, -0.05) is 24.3 Å². The molecule has 2 heterocycles. The summed E-state index contributed by atoms with van der Waals surface area (Å²) in [5.41, 5.74) is 2.37. The summed E-state index contributed by atoms with van der Waals surface area (Å²) in [6, 6.07) is 12.5. The van der Waals surface area contributed by atoms with Crippen molar-refractivity contribution in [3.8, 4) is 0 Å². The molecule has 2 aliphatic heterocycles. The summed E-state index contributed by atoms with van der Waals surface area (Å²) in [5, 5.41) is 0. The minimum Gasteiger partial charge on any atom is -0.468 e. The van der Waals surface area contributed by atoms with Crippen molar-refractivity contribution >= 4 is 27.6 Å². The van der Waals surface area contributed by atoms with Gasteiger partial charge in [0.2, 0.25) is 15.9 Å². The zero-order chi connectivity index (χ0) is 21.7. The summed E-state index contributed by atoms with van der Waals surface area (Å²) in [5.74, 6) is -0.792. The zero-order valence-electron chi connectivity index (χ0n) is 17.2. The molecule has 2 aromatic carbocycles. The lowest BCUT2D eigenvalue weighted by Gasteiger charge is -2.28. The number of hydrogen-bond acceptors (Lipinski definition) is 5. The second-order valence-electron chi connectivity index (χ2n) is 8.13. The molecule has 8 heteroatoms. The van der Waals surface area contributed by atoms with E-state index >= 15 is 0 Å². The lowest BCUT2D eigenvalue weighted by atomic mass is 9.86. The van der Waals surface area contributed by atoms with Crippen LogP contribution in [0.4, 0.5) is 5.69 Å². The van der Waals surface area contributed by atoms with Gasteiger partial charge in [-0.3, -0.25) is 9.59 Å². The highest BCUT2D eigenvalue weighted by atomic mass is 32.2. The summed E-state index contributed by atoms with van der Waals surface area (Å²) in [4.78, 5) is 26.2. The highest BCUT2D eigenvalue weighted by molar-refractivity contribution is 7.89. The molecule has 0 aliphatic carbocycles. The van der Waals surface area contributed by atoms with Gasteiger partial charge >= 0.3 is 5.97 Å². The third-order valence-electron chi connectivity index (χ3n) is 5.96. The number of ether oxygens (including phenoxy) is 1. The molecule has 0 fully saturated rings. The average molecular weight is 429 g/mol. The number of methoxy groups -OCH3 is 1. The first-order valence-electron chi connectivity index (χ1n) is 9.76. The van der Waals surface area contributed by atoms with Gasteiger partial charge in [-0.2, -0.15) is 4.31 Å². The van der Waals surface area contributed by atoms with E-state index in [0.29, 0.717) is 30.8 Å². The average Bonchev–Trinajstić information content (AvgIpc) is 2.93. The van der Waals surface area contributed by atoms with Gasteiger partial charge in [0.05, 0.1) is 17.4 Å². The lowest BCUT2D eigenvalue weighted by molar-refractivity contribution is -0.140. The van der Waals surface area contributed by atoms with Crippen molar-refractivity contribution in [3.05, 3.63) is 59.2 Å². The maximum absolute atomic E-state index is 13.3. The van der Waals surface area contributed by atoms with Gasteiger partial charge in [0.15, 0.2) is 0 Å². The normalized spacial score (nSPS) is 18.1. The van der Waals surface area contributed by atoms with Crippen LogP contribution in [-0.4, -0.2) is 44.8 Å². The van der Waals surface area contributed by atoms with Gasteiger partial charge in [-0.05, 0) is 55.2 Å². The molecule has 7 nitrogen and oxygen atoms in total. The van der Waals surface area contributed by atoms with Gasteiger partial charge in [-0.15, -0.1) is 0 Å². The molecular weight excluding hydrogens is 404 g/mol. The summed E-state index contributed by atoms with van der Waals surface area (Å²) in [6.45, 7) is 4.00. The number of benzene rings is 2. The number of carbonyl (C=O) groups is 2. The number of carbonyl (C=O) groups excluding carboxylic acids is 2. The van der Waals surface area contributed by atoms with Crippen LogP contribution in [0.2, 0.25) is 0 Å². The van der Waals surface area contributed by atoms with E-state index in [9.17, 15) is 18.0 Å². The number of esters is 1. The molecule has 30 heavy (non-hydrogen) atoms. The van der Waals surface area contributed by atoms with Crippen molar-refractivity contribution in [1.82, 2.24) is 4.31 Å². The van der Waals surface area contributed by atoms with Crippen molar-refractivity contribution in [3.63, 3.8) is 0 Å². The smallest absolute Gasteiger partial charge is 0.325 e. The fourth-order valence-corrected chi connectivity index (χ4v) is 5.59. The zero-order valence-corrected chi connectivity index (χ0v) is 18.0. The Balaban J connectivity index is 1.70. The number of rotatable bonds is 4. The monoisotopic (exact) mass is 428 g/mol. The van der Waals surface area contributed by atoms with E-state index in [1.165, 1.54) is 27.9 Å². The molecule has 0 spiro atoms. The molecule has 0 N–H and O–H groups in total. The Morgan fingerprint density at radius 2 is 1.83 bits per heavy atom. The number of anilines is 1. The Morgan fingerprint density at radius 3 is 2.53 bits per heavy atom. The Labute approximate surface area is 176 Å². The van der Waals surface area contributed by atoms with E-state index in [4.69, 9.17) is 4.74 Å². The summed E-state index contributed by atoms with van der Waals surface area (Å²) in [6.07, 6.45) is 0.664. The van der Waals surface area contributed by atoms with E-state index < -0.39 is 21.4 Å². The minimum absolute atomic E-state index is 0.154. The van der Waals surface area contributed by atoms with Crippen LogP contribution in [0.25, 0.3) is 0 Å². The fourth-order valence-electron chi connectivity index (χ4n) is 4.15. The van der Waals surface area contributed by atoms with Crippen LogP contribution in [0.15, 0.2) is 47.4 Å². The van der Waals surface area contributed by atoms with Crippen molar-refractivity contribution < 1.29 is 22.7 Å². The van der Waals surface area contributed by atoms with Crippen LogP contribution < -0.4 is 4.90 Å². The molecule has 158 valence electrons. The third kappa shape index (κ3) is 3.20. The quantitative estimate of drug-likeness (QED) is 0.698. The molecule has 0 bridgehead atoms. The SMILES string of the molecule is COC(=O)CN1C(=O)C(C)(C)c2cc(S(=O)(=O)N3CCc4ccccc4C3)ccc21. The first kappa shape index (κ1) is 20.6. The molecule has 2 aromatic rings. The standard InChI is InChI=1S/C22H24N2O5S/c1-22(2)18-12-17(8-9-19(18)24(21(22)26)14-20(25)29-3)30(27,28)23-11-10-15-6-4-5-7-16(15)13-23/h4-9,12H,10-11,13-14H2,1-3H3. The van der Waals surface area contributed by atoms with Crippen LogP contribution in [0.5, 0.6) is 0 Å². The lowest BCUT2D eigenvalue weighted by Crippen LogP contribution is -2.39. The first-order valence-corrected chi connectivity index (χ1v) is 11.2. The second kappa shape index (κ2) is 7.21. The molecular formula is C22H24N2O5S. The van der Waals surface area contributed by atoms with Crippen molar-refractivity contribution in [2.24, 2.45) is 0 Å². The van der Waals surface area contributed by atoms with Gasteiger partial charge < -0.3 is 9.64 Å². The van der Waals surface area contributed by atoms with E-state index in [1.54, 1.807) is 26.0 Å². The first-order chi connectivity index (χ1) is 14.2. The van der Waals surface area contributed by atoms with Crippen LogP contribution in [0.3, 0.4) is 0 Å². The van der Waals surface area contributed by atoms with E-state index in [0.717, 1.165) is 5.56 Å². The van der Waals surface area contributed by atoms with Gasteiger partial charge in [0.25, 0.3) is 0 Å². The number of sulfonamides is 1. The number of fused-ring (bicyclic) bond motifs is 2. The number of hydrogen-bond donors (Lipinski definition) is 0. The maximum Gasteiger partial charge on any atom is 0.325 e. The third-order valence-corrected chi connectivity index (χ3v) is 7.80. The van der Waals surface area contributed by atoms with Crippen molar-refractivity contribution in [2.75, 3.05) is 25.1 Å². The highest BCUT2D eigenvalue weighted by Crippen LogP contribution is 2.43. The molecule has 0 unspecified atom stereocenters. The Morgan fingerprint density at radius 1 is 1.13 bits per heavy atom. The maximum atomic E-state index is 13.3.